The van der Waals surface area contributed by atoms with Gasteiger partial charge in [0, 0.05) is 11.8 Å². The van der Waals surface area contributed by atoms with Crippen LogP contribution in [0.1, 0.15) is 37.2 Å². The van der Waals surface area contributed by atoms with Crippen LogP contribution in [-0.2, 0) is 0 Å². The molecule has 0 atom stereocenters. The SMILES string of the molecule is C[Si](C)(C)c1ccc(-c2cccc(C3CCCC3)c2)nc1. The topological polar surface area (TPSA) is 12.9 Å². The molecule has 1 heterocycles. The van der Waals surface area contributed by atoms with Crippen LogP contribution in [0.5, 0.6) is 0 Å². The highest BCUT2D eigenvalue weighted by Crippen LogP contribution is 2.35. The molecule has 0 saturated heterocycles. The highest BCUT2D eigenvalue weighted by atomic mass is 28.3. The van der Waals surface area contributed by atoms with Crippen molar-refractivity contribution in [2.75, 3.05) is 0 Å². The van der Waals surface area contributed by atoms with Crippen LogP contribution in [-0.4, -0.2) is 13.1 Å². The summed E-state index contributed by atoms with van der Waals surface area (Å²) in [7, 11) is -1.25. The summed E-state index contributed by atoms with van der Waals surface area (Å²) in [6.45, 7) is 7.10. The first kappa shape index (κ1) is 14.5. The number of aromatic nitrogens is 1. The van der Waals surface area contributed by atoms with E-state index in [0.29, 0.717) is 0 Å². The minimum Gasteiger partial charge on any atom is -0.256 e. The fourth-order valence-corrected chi connectivity index (χ4v) is 4.25. The molecule has 0 radical (unpaired) electrons. The second-order valence-electron chi connectivity index (χ2n) is 7.29. The maximum Gasteiger partial charge on any atom is 0.0796 e. The van der Waals surface area contributed by atoms with Crippen molar-refractivity contribution >= 4 is 13.3 Å². The zero-order valence-corrected chi connectivity index (χ0v) is 14.4. The molecule has 0 N–H and O–H groups in total. The Morgan fingerprint density at radius 3 is 2.38 bits per heavy atom. The van der Waals surface area contributed by atoms with Gasteiger partial charge in [-0.3, -0.25) is 4.98 Å². The minimum atomic E-state index is -1.25. The zero-order valence-electron chi connectivity index (χ0n) is 13.4. The van der Waals surface area contributed by atoms with Gasteiger partial charge in [-0.2, -0.15) is 0 Å². The van der Waals surface area contributed by atoms with Gasteiger partial charge in [0.25, 0.3) is 0 Å². The van der Waals surface area contributed by atoms with Crippen molar-refractivity contribution in [2.24, 2.45) is 0 Å². The number of pyridine rings is 1. The molecule has 1 fully saturated rings. The summed E-state index contributed by atoms with van der Waals surface area (Å²) < 4.78 is 0. The van der Waals surface area contributed by atoms with Crippen LogP contribution in [0.4, 0.5) is 0 Å². The lowest BCUT2D eigenvalue weighted by atomic mass is 9.95. The van der Waals surface area contributed by atoms with E-state index in [1.54, 1.807) is 0 Å². The third kappa shape index (κ3) is 3.26. The molecule has 0 amide bonds. The number of rotatable bonds is 3. The normalized spacial score (nSPS) is 16.3. The molecular formula is C19H25NSi. The molecule has 2 aromatic rings. The molecule has 1 nitrogen and oxygen atoms in total. The average Bonchev–Trinajstić information content (AvgIpc) is 3.01. The van der Waals surface area contributed by atoms with Gasteiger partial charge in [0.05, 0.1) is 13.8 Å². The molecule has 0 aliphatic heterocycles. The zero-order chi connectivity index (χ0) is 14.9. The summed E-state index contributed by atoms with van der Waals surface area (Å²) in [5.74, 6) is 0.770. The Balaban J connectivity index is 1.88. The average molecular weight is 296 g/mol. The number of benzene rings is 1. The number of hydrogen-bond acceptors (Lipinski definition) is 1. The summed E-state index contributed by atoms with van der Waals surface area (Å²) in [4.78, 5) is 4.72. The van der Waals surface area contributed by atoms with E-state index in [2.05, 4.69) is 62.2 Å². The minimum absolute atomic E-state index is 0.770. The smallest absolute Gasteiger partial charge is 0.0796 e. The van der Waals surface area contributed by atoms with Gasteiger partial charge in [0.2, 0.25) is 0 Å². The van der Waals surface area contributed by atoms with E-state index in [-0.39, 0.29) is 0 Å². The molecule has 1 aromatic carbocycles. The summed E-state index contributed by atoms with van der Waals surface area (Å²) >= 11 is 0. The summed E-state index contributed by atoms with van der Waals surface area (Å²) in [6.07, 6.45) is 7.57. The van der Waals surface area contributed by atoms with E-state index in [1.807, 2.05) is 0 Å². The number of hydrogen-bond donors (Lipinski definition) is 0. The van der Waals surface area contributed by atoms with Crippen molar-refractivity contribution in [3.8, 4) is 11.3 Å². The molecule has 1 aliphatic rings. The highest BCUT2D eigenvalue weighted by molar-refractivity contribution is 6.88. The van der Waals surface area contributed by atoms with Gasteiger partial charge in [-0.15, -0.1) is 0 Å². The van der Waals surface area contributed by atoms with E-state index in [0.717, 1.165) is 11.6 Å². The van der Waals surface area contributed by atoms with Crippen molar-refractivity contribution in [2.45, 2.75) is 51.2 Å². The van der Waals surface area contributed by atoms with E-state index >= 15 is 0 Å². The maximum atomic E-state index is 4.72. The van der Waals surface area contributed by atoms with Gasteiger partial charge >= 0.3 is 0 Å². The van der Waals surface area contributed by atoms with Crippen LogP contribution >= 0.6 is 0 Å². The second-order valence-corrected chi connectivity index (χ2v) is 12.4. The monoisotopic (exact) mass is 295 g/mol. The molecule has 1 saturated carbocycles. The van der Waals surface area contributed by atoms with Crippen LogP contribution in [0.3, 0.4) is 0 Å². The molecule has 21 heavy (non-hydrogen) atoms. The lowest BCUT2D eigenvalue weighted by molar-refractivity contribution is 0.723. The van der Waals surface area contributed by atoms with Crippen LogP contribution < -0.4 is 5.19 Å². The maximum absolute atomic E-state index is 4.72. The Morgan fingerprint density at radius 1 is 1.00 bits per heavy atom. The molecular weight excluding hydrogens is 270 g/mol. The van der Waals surface area contributed by atoms with Crippen molar-refractivity contribution in [3.63, 3.8) is 0 Å². The van der Waals surface area contributed by atoms with Gasteiger partial charge < -0.3 is 0 Å². The van der Waals surface area contributed by atoms with Gasteiger partial charge in [-0.05, 0) is 41.6 Å². The first-order valence-corrected chi connectivity index (χ1v) is 11.6. The summed E-state index contributed by atoms with van der Waals surface area (Å²) in [5, 5.41) is 1.43. The van der Waals surface area contributed by atoms with Crippen LogP contribution in [0, 0.1) is 0 Å². The van der Waals surface area contributed by atoms with Gasteiger partial charge in [0.1, 0.15) is 0 Å². The molecule has 110 valence electrons. The van der Waals surface area contributed by atoms with Crippen LogP contribution in [0.15, 0.2) is 42.6 Å². The molecule has 1 aliphatic carbocycles. The largest absolute Gasteiger partial charge is 0.256 e. The van der Waals surface area contributed by atoms with Gasteiger partial charge in [-0.1, -0.05) is 56.7 Å². The van der Waals surface area contributed by atoms with Crippen molar-refractivity contribution in [1.82, 2.24) is 4.98 Å². The van der Waals surface area contributed by atoms with E-state index in [1.165, 1.54) is 42.0 Å². The fourth-order valence-electron chi connectivity index (χ4n) is 3.22. The van der Waals surface area contributed by atoms with Crippen LogP contribution in [0.2, 0.25) is 19.6 Å². The summed E-state index contributed by atoms with van der Waals surface area (Å²) in [5.41, 5.74) is 3.87. The molecule has 0 spiro atoms. The van der Waals surface area contributed by atoms with Gasteiger partial charge in [0.15, 0.2) is 0 Å². The van der Waals surface area contributed by atoms with Crippen molar-refractivity contribution in [3.05, 3.63) is 48.2 Å². The molecule has 1 aromatic heterocycles. The predicted molar refractivity (Wildman–Crippen MR) is 93.9 cm³/mol. The fraction of sp³-hybridized carbons (Fsp3) is 0.421. The second kappa shape index (κ2) is 5.76. The first-order valence-electron chi connectivity index (χ1n) is 8.11. The van der Waals surface area contributed by atoms with E-state index in [4.69, 9.17) is 4.98 Å². The predicted octanol–water partition coefficient (Wildman–Crippen LogP) is 4.95. The lowest BCUT2D eigenvalue weighted by Gasteiger charge is -2.16. The molecule has 0 unspecified atom stereocenters. The first-order chi connectivity index (χ1) is 10.0. The molecule has 2 heteroatoms. The van der Waals surface area contributed by atoms with E-state index in [9.17, 15) is 0 Å². The Kier molecular flexibility index (Phi) is 3.98. The Labute approximate surface area is 129 Å². The standard InChI is InChI=1S/C19H25NSi/c1-21(2,3)18-11-12-19(20-14-18)17-10-6-9-16(13-17)15-7-4-5-8-15/h6,9-15H,4-5,7-8H2,1-3H3. The molecule has 0 bridgehead atoms. The Morgan fingerprint density at radius 2 is 1.76 bits per heavy atom. The quantitative estimate of drug-likeness (QED) is 0.730. The van der Waals surface area contributed by atoms with E-state index < -0.39 is 8.07 Å². The van der Waals surface area contributed by atoms with Crippen LogP contribution in [0.25, 0.3) is 11.3 Å². The number of nitrogens with zero attached hydrogens (tertiary/aromatic N) is 1. The molecule has 3 rings (SSSR count). The highest BCUT2D eigenvalue weighted by Gasteiger charge is 2.18. The van der Waals surface area contributed by atoms with Crippen molar-refractivity contribution in [1.29, 1.82) is 0 Å². The Bertz CT molecular complexity index is 604. The lowest BCUT2D eigenvalue weighted by Crippen LogP contribution is -2.37. The van der Waals surface area contributed by atoms with Crippen molar-refractivity contribution < 1.29 is 0 Å². The Hall–Kier alpha value is -1.41. The van der Waals surface area contributed by atoms with Gasteiger partial charge in [-0.25, -0.2) is 0 Å². The third-order valence-corrected chi connectivity index (χ3v) is 6.67. The summed E-state index contributed by atoms with van der Waals surface area (Å²) in [6, 6.07) is 13.5. The third-order valence-electron chi connectivity index (χ3n) is 4.64.